The number of benzene rings is 1. The maximum absolute atomic E-state index is 12.3. The predicted molar refractivity (Wildman–Crippen MR) is 79.7 cm³/mol. The van der Waals surface area contributed by atoms with Crippen molar-refractivity contribution in [2.24, 2.45) is 0 Å². The zero-order valence-electron chi connectivity index (χ0n) is 11.9. The summed E-state index contributed by atoms with van der Waals surface area (Å²) < 4.78 is 31.9. The molecule has 1 aromatic heterocycles. The summed E-state index contributed by atoms with van der Waals surface area (Å²) in [5, 5.41) is 9.01. The number of carbonyl (C=O) groups is 1. The number of aryl methyl sites for hydroxylation is 1. The van der Waals surface area contributed by atoms with Gasteiger partial charge in [-0.05, 0) is 30.7 Å². The molecule has 0 radical (unpaired) electrons. The number of anilines is 1. The summed E-state index contributed by atoms with van der Waals surface area (Å²) in [4.78, 5) is 14.7. The summed E-state index contributed by atoms with van der Waals surface area (Å²) >= 11 is 0. The smallest absolute Gasteiger partial charge is 0.335 e. The van der Waals surface area contributed by atoms with Crippen LogP contribution < -0.4 is 9.46 Å². The van der Waals surface area contributed by atoms with E-state index >= 15 is 0 Å². The number of hydrogen-bond acceptors (Lipinski definition) is 5. The van der Waals surface area contributed by atoms with Crippen LogP contribution in [0.5, 0.6) is 5.75 Å². The number of aromatic carboxylic acids is 1. The number of nitrogens with one attached hydrogen (secondary N) is 1. The first-order valence-corrected chi connectivity index (χ1v) is 7.67. The van der Waals surface area contributed by atoms with Gasteiger partial charge in [0.2, 0.25) is 0 Å². The highest BCUT2D eigenvalue weighted by atomic mass is 32.2. The molecule has 1 aromatic carbocycles. The third kappa shape index (κ3) is 3.53. The molecule has 0 atom stereocenters. The van der Waals surface area contributed by atoms with E-state index in [2.05, 4.69) is 9.71 Å². The van der Waals surface area contributed by atoms with Crippen LogP contribution >= 0.6 is 0 Å². The molecular weight excluding hydrogens is 308 g/mol. The SMILES string of the molecule is COc1cncc(S(=O)(=O)Nc2cc(C)cc(C(=O)O)c2)c1. The van der Waals surface area contributed by atoms with Crippen LogP contribution in [0.25, 0.3) is 0 Å². The van der Waals surface area contributed by atoms with Crippen molar-refractivity contribution in [3.63, 3.8) is 0 Å². The van der Waals surface area contributed by atoms with E-state index in [0.29, 0.717) is 11.3 Å². The van der Waals surface area contributed by atoms with Crippen molar-refractivity contribution in [2.45, 2.75) is 11.8 Å². The first kappa shape index (κ1) is 15.8. The van der Waals surface area contributed by atoms with Crippen molar-refractivity contribution in [2.75, 3.05) is 11.8 Å². The van der Waals surface area contributed by atoms with Gasteiger partial charge >= 0.3 is 5.97 Å². The lowest BCUT2D eigenvalue weighted by molar-refractivity contribution is 0.0697. The minimum atomic E-state index is -3.89. The summed E-state index contributed by atoms with van der Waals surface area (Å²) in [7, 11) is -2.49. The molecule has 1 heterocycles. The number of ether oxygens (including phenoxy) is 1. The number of hydrogen-bond donors (Lipinski definition) is 2. The number of pyridine rings is 1. The summed E-state index contributed by atoms with van der Waals surface area (Å²) in [6.45, 7) is 1.68. The van der Waals surface area contributed by atoms with E-state index in [1.54, 1.807) is 6.92 Å². The predicted octanol–water partition coefficient (Wildman–Crippen LogP) is 1.90. The molecule has 0 amide bonds. The molecule has 22 heavy (non-hydrogen) atoms. The highest BCUT2D eigenvalue weighted by Crippen LogP contribution is 2.21. The summed E-state index contributed by atoms with van der Waals surface area (Å²) in [6, 6.07) is 5.56. The van der Waals surface area contributed by atoms with Crippen molar-refractivity contribution in [3.05, 3.63) is 47.8 Å². The molecule has 116 valence electrons. The van der Waals surface area contributed by atoms with Crippen LogP contribution in [-0.2, 0) is 10.0 Å². The maximum Gasteiger partial charge on any atom is 0.335 e. The van der Waals surface area contributed by atoms with E-state index in [4.69, 9.17) is 9.84 Å². The third-order valence-electron chi connectivity index (χ3n) is 2.81. The number of sulfonamides is 1. The fourth-order valence-electron chi connectivity index (χ4n) is 1.84. The molecule has 0 saturated carbocycles. The van der Waals surface area contributed by atoms with Gasteiger partial charge in [-0.3, -0.25) is 9.71 Å². The van der Waals surface area contributed by atoms with E-state index in [0.717, 1.165) is 0 Å². The lowest BCUT2D eigenvalue weighted by Crippen LogP contribution is -2.14. The standard InChI is InChI=1S/C14H14N2O5S/c1-9-3-10(14(17)18)5-11(4-9)16-22(19,20)13-6-12(21-2)7-15-8-13/h3-8,16H,1-2H3,(H,17,18). The minimum absolute atomic E-state index is 0.00136. The second-order valence-electron chi connectivity index (χ2n) is 4.56. The van der Waals surface area contributed by atoms with Crippen LogP contribution in [-0.4, -0.2) is 31.6 Å². The van der Waals surface area contributed by atoms with Gasteiger partial charge in [0.1, 0.15) is 10.6 Å². The van der Waals surface area contributed by atoms with Crippen LogP contribution in [0, 0.1) is 6.92 Å². The molecule has 0 spiro atoms. The second-order valence-corrected chi connectivity index (χ2v) is 6.24. The number of carboxylic acid groups (broad SMARTS) is 1. The Kier molecular flexibility index (Phi) is 4.32. The number of aromatic nitrogens is 1. The molecule has 0 unspecified atom stereocenters. The molecule has 0 aliphatic carbocycles. The van der Waals surface area contributed by atoms with Crippen LogP contribution in [0.4, 0.5) is 5.69 Å². The fraction of sp³-hybridized carbons (Fsp3) is 0.143. The Bertz CT molecular complexity index is 818. The molecule has 2 rings (SSSR count). The van der Waals surface area contributed by atoms with Gasteiger partial charge < -0.3 is 9.84 Å². The van der Waals surface area contributed by atoms with Crippen molar-refractivity contribution in [3.8, 4) is 5.75 Å². The molecule has 0 bridgehead atoms. The first-order valence-electron chi connectivity index (χ1n) is 6.18. The number of methoxy groups -OCH3 is 1. The molecule has 8 heteroatoms. The largest absolute Gasteiger partial charge is 0.495 e. The van der Waals surface area contributed by atoms with Gasteiger partial charge in [0.05, 0.1) is 18.9 Å². The van der Waals surface area contributed by atoms with Crippen LogP contribution in [0.2, 0.25) is 0 Å². The van der Waals surface area contributed by atoms with Gasteiger partial charge in [0.25, 0.3) is 10.0 Å². The molecule has 2 aromatic rings. The summed E-state index contributed by atoms with van der Waals surface area (Å²) in [5.74, 6) is -0.828. The Morgan fingerprint density at radius 1 is 1.23 bits per heavy atom. The molecule has 0 aliphatic rings. The Morgan fingerprint density at radius 3 is 2.59 bits per heavy atom. The quantitative estimate of drug-likeness (QED) is 0.871. The van der Waals surface area contributed by atoms with Crippen molar-refractivity contribution in [1.29, 1.82) is 0 Å². The average molecular weight is 322 g/mol. The van der Waals surface area contributed by atoms with Crippen LogP contribution in [0.15, 0.2) is 41.6 Å². The molecule has 0 aliphatic heterocycles. The van der Waals surface area contributed by atoms with Crippen LogP contribution in [0.3, 0.4) is 0 Å². The van der Waals surface area contributed by atoms with Gasteiger partial charge in [0.15, 0.2) is 0 Å². The highest BCUT2D eigenvalue weighted by Gasteiger charge is 2.17. The van der Waals surface area contributed by atoms with Gasteiger partial charge in [-0.15, -0.1) is 0 Å². The lowest BCUT2D eigenvalue weighted by Gasteiger charge is -2.10. The van der Waals surface area contributed by atoms with E-state index in [1.807, 2.05) is 0 Å². The minimum Gasteiger partial charge on any atom is -0.495 e. The Morgan fingerprint density at radius 2 is 1.95 bits per heavy atom. The highest BCUT2D eigenvalue weighted by molar-refractivity contribution is 7.92. The zero-order chi connectivity index (χ0) is 16.3. The van der Waals surface area contributed by atoms with Gasteiger partial charge in [-0.25, -0.2) is 13.2 Å². The van der Waals surface area contributed by atoms with E-state index in [9.17, 15) is 13.2 Å². The van der Waals surface area contributed by atoms with Crippen molar-refractivity contribution in [1.82, 2.24) is 4.98 Å². The molecule has 0 saturated heterocycles. The zero-order valence-corrected chi connectivity index (χ0v) is 12.7. The van der Waals surface area contributed by atoms with E-state index < -0.39 is 16.0 Å². The molecular formula is C14H14N2O5S. The van der Waals surface area contributed by atoms with Gasteiger partial charge in [-0.2, -0.15) is 0 Å². The normalized spacial score (nSPS) is 11.0. The number of rotatable bonds is 5. The van der Waals surface area contributed by atoms with Crippen molar-refractivity contribution < 1.29 is 23.1 Å². The monoisotopic (exact) mass is 322 g/mol. The average Bonchev–Trinajstić information content (AvgIpc) is 2.46. The lowest BCUT2D eigenvalue weighted by atomic mass is 10.1. The van der Waals surface area contributed by atoms with Crippen molar-refractivity contribution >= 4 is 21.7 Å². The summed E-state index contributed by atoms with van der Waals surface area (Å²) in [5.41, 5.74) is 0.794. The maximum atomic E-state index is 12.3. The number of carboxylic acids is 1. The molecule has 7 nitrogen and oxygen atoms in total. The van der Waals surface area contributed by atoms with E-state index in [-0.39, 0.29) is 16.1 Å². The first-order chi connectivity index (χ1) is 10.3. The Balaban J connectivity index is 2.38. The van der Waals surface area contributed by atoms with Gasteiger partial charge in [-0.1, -0.05) is 0 Å². The van der Waals surface area contributed by atoms with Gasteiger partial charge in [0, 0.05) is 18.0 Å². The molecule has 2 N–H and O–H groups in total. The molecule has 0 fully saturated rings. The third-order valence-corrected chi connectivity index (χ3v) is 4.16. The Hall–Kier alpha value is -2.61. The Labute approximate surface area is 127 Å². The van der Waals surface area contributed by atoms with E-state index in [1.165, 1.54) is 43.8 Å². The topological polar surface area (TPSA) is 106 Å². The second kappa shape index (κ2) is 6.02. The fourth-order valence-corrected chi connectivity index (χ4v) is 2.85. The number of nitrogens with zero attached hydrogens (tertiary/aromatic N) is 1. The summed E-state index contributed by atoms with van der Waals surface area (Å²) in [6.07, 6.45) is 2.56. The van der Waals surface area contributed by atoms with Crippen LogP contribution in [0.1, 0.15) is 15.9 Å².